The molecule has 1 aromatic carbocycles. The zero-order valence-corrected chi connectivity index (χ0v) is 12.9. The molecule has 3 heteroatoms. The first-order valence-electron chi connectivity index (χ1n) is 5.44. The van der Waals surface area contributed by atoms with Crippen LogP contribution in [0, 0.1) is 18.2 Å². The van der Waals surface area contributed by atoms with Gasteiger partial charge in [0.25, 0.3) is 0 Å². The van der Waals surface area contributed by atoms with Crippen molar-refractivity contribution >= 4 is 31.9 Å². The van der Waals surface area contributed by atoms with Gasteiger partial charge in [-0.3, -0.25) is 0 Å². The van der Waals surface area contributed by atoms with Crippen molar-refractivity contribution in [3.63, 3.8) is 0 Å². The summed E-state index contributed by atoms with van der Waals surface area (Å²) in [5.41, 5.74) is 2.50. The Labute approximate surface area is 114 Å². The molecule has 1 aromatic rings. The molecule has 16 heavy (non-hydrogen) atoms. The van der Waals surface area contributed by atoms with E-state index in [1.807, 2.05) is 13.0 Å². The summed E-state index contributed by atoms with van der Waals surface area (Å²) in [6.07, 6.45) is 2.08. The molecule has 90 valence electrons. The number of rotatable bonds is 5. The van der Waals surface area contributed by atoms with E-state index in [1.165, 1.54) is 5.56 Å². The van der Waals surface area contributed by atoms with Crippen LogP contribution < -0.4 is 0 Å². The Bertz CT molecular complexity index is 338. The van der Waals surface area contributed by atoms with Gasteiger partial charge in [-0.15, -0.1) is 0 Å². The zero-order chi connectivity index (χ0) is 12.2. The fourth-order valence-electron chi connectivity index (χ4n) is 1.71. The molecule has 0 radical (unpaired) electrons. The zero-order valence-electron chi connectivity index (χ0n) is 9.69. The Hall–Kier alpha value is 0.110. The molecule has 0 aliphatic heterocycles. The number of halogens is 3. The molecule has 0 fully saturated rings. The van der Waals surface area contributed by atoms with Crippen molar-refractivity contribution in [2.24, 2.45) is 5.41 Å². The van der Waals surface area contributed by atoms with Gasteiger partial charge in [0.1, 0.15) is 5.82 Å². The molecule has 0 saturated heterocycles. The first kappa shape index (κ1) is 14.2. The van der Waals surface area contributed by atoms with Gasteiger partial charge in [-0.2, -0.15) is 0 Å². The molecule has 0 nitrogen and oxygen atoms in total. The van der Waals surface area contributed by atoms with Crippen LogP contribution in [0.1, 0.15) is 24.5 Å². The van der Waals surface area contributed by atoms with Crippen LogP contribution in [0.4, 0.5) is 4.39 Å². The molecular weight excluding hydrogens is 335 g/mol. The van der Waals surface area contributed by atoms with Crippen LogP contribution in [0.5, 0.6) is 0 Å². The van der Waals surface area contributed by atoms with Gasteiger partial charge in [-0.05, 0) is 48.4 Å². The van der Waals surface area contributed by atoms with Gasteiger partial charge in [0.2, 0.25) is 0 Å². The Morgan fingerprint density at radius 3 is 2.31 bits per heavy atom. The Morgan fingerprint density at radius 1 is 1.25 bits per heavy atom. The maximum Gasteiger partial charge on any atom is 0.123 e. The lowest BCUT2D eigenvalue weighted by Crippen LogP contribution is -2.27. The van der Waals surface area contributed by atoms with Crippen LogP contribution in [0.25, 0.3) is 0 Å². The molecule has 0 saturated carbocycles. The second-order valence-electron chi connectivity index (χ2n) is 4.37. The largest absolute Gasteiger partial charge is 0.207 e. The average Bonchev–Trinajstić information content (AvgIpc) is 2.29. The standard InChI is InChI=1S/C13H17Br2F/c1-3-13(8-14,9-15)7-11-4-5-12(16)6-10(11)2/h4-6H,3,7-9H2,1-2H3. The second kappa shape index (κ2) is 6.15. The van der Waals surface area contributed by atoms with Crippen LogP contribution in [0.2, 0.25) is 0 Å². The normalized spacial score (nSPS) is 11.8. The van der Waals surface area contributed by atoms with Crippen LogP contribution in [-0.4, -0.2) is 10.7 Å². The summed E-state index contributed by atoms with van der Waals surface area (Å²) in [4.78, 5) is 0. The molecule has 1 rings (SSSR count). The lowest BCUT2D eigenvalue weighted by Gasteiger charge is -2.29. The first-order chi connectivity index (χ1) is 7.56. The second-order valence-corrected chi connectivity index (χ2v) is 5.49. The molecule has 0 aliphatic carbocycles. The van der Waals surface area contributed by atoms with Gasteiger partial charge >= 0.3 is 0 Å². The van der Waals surface area contributed by atoms with Gasteiger partial charge in [0.15, 0.2) is 0 Å². The maximum atomic E-state index is 13.0. The number of aryl methyl sites for hydroxylation is 1. The van der Waals surface area contributed by atoms with Crippen LogP contribution in [-0.2, 0) is 6.42 Å². The monoisotopic (exact) mass is 350 g/mol. The minimum atomic E-state index is -0.152. The van der Waals surface area contributed by atoms with E-state index < -0.39 is 0 Å². The minimum Gasteiger partial charge on any atom is -0.207 e. The van der Waals surface area contributed by atoms with E-state index in [9.17, 15) is 4.39 Å². The van der Waals surface area contributed by atoms with Gasteiger partial charge < -0.3 is 0 Å². The molecule has 0 aliphatic rings. The van der Waals surface area contributed by atoms with E-state index in [-0.39, 0.29) is 11.2 Å². The highest BCUT2D eigenvalue weighted by atomic mass is 79.9. The number of hydrogen-bond acceptors (Lipinski definition) is 0. The summed E-state index contributed by atoms with van der Waals surface area (Å²) in [7, 11) is 0. The predicted molar refractivity (Wildman–Crippen MR) is 75.2 cm³/mol. The van der Waals surface area contributed by atoms with E-state index in [4.69, 9.17) is 0 Å². The van der Waals surface area contributed by atoms with Gasteiger partial charge in [0, 0.05) is 10.7 Å². The molecule has 0 aromatic heterocycles. The molecule has 0 heterocycles. The summed E-state index contributed by atoms with van der Waals surface area (Å²) in [5.74, 6) is -0.152. The van der Waals surface area contributed by atoms with Crippen molar-refractivity contribution in [2.45, 2.75) is 26.7 Å². The highest BCUT2D eigenvalue weighted by molar-refractivity contribution is 9.09. The molecule has 0 unspecified atom stereocenters. The maximum absolute atomic E-state index is 13.0. The van der Waals surface area contributed by atoms with Crippen molar-refractivity contribution in [3.05, 3.63) is 35.1 Å². The fourth-order valence-corrected chi connectivity index (χ4v) is 3.82. The average molecular weight is 352 g/mol. The van der Waals surface area contributed by atoms with E-state index in [0.29, 0.717) is 0 Å². The highest BCUT2D eigenvalue weighted by Crippen LogP contribution is 2.32. The molecule has 0 spiro atoms. The highest BCUT2D eigenvalue weighted by Gasteiger charge is 2.26. The summed E-state index contributed by atoms with van der Waals surface area (Å²) in [5, 5.41) is 1.91. The molecule has 0 amide bonds. The summed E-state index contributed by atoms with van der Waals surface area (Å²) in [6.45, 7) is 4.17. The van der Waals surface area contributed by atoms with Crippen molar-refractivity contribution in [1.29, 1.82) is 0 Å². The minimum absolute atomic E-state index is 0.152. The third-order valence-electron chi connectivity index (χ3n) is 3.19. The molecule has 0 bridgehead atoms. The number of alkyl halides is 2. The van der Waals surface area contributed by atoms with E-state index in [1.54, 1.807) is 12.1 Å². The molecule has 0 N–H and O–H groups in total. The Kier molecular flexibility index (Phi) is 5.45. The molecule has 0 atom stereocenters. The number of hydrogen-bond donors (Lipinski definition) is 0. The predicted octanol–water partition coefficient (Wildman–Crippen LogP) is 4.86. The van der Waals surface area contributed by atoms with Gasteiger partial charge in [0.05, 0.1) is 0 Å². The molecular formula is C13H17Br2F. The van der Waals surface area contributed by atoms with Crippen molar-refractivity contribution in [3.8, 4) is 0 Å². The Morgan fingerprint density at radius 2 is 1.88 bits per heavy atom. The van der Waals surface area contributed by atoms with Gasteiger partial charge in [-0.1, -0.05) is 44.8 Å². The summed E-state index contributed by atoms with van der Waals surface area (Å²) in [6, 6.07) is 5.06. The SMILES string of the molecule is CCC(CBr)(CBr)Cc1ccc(F)cc1C. The lowest BCUT2D eigenvalue weighted by atomic mass is 9.82. The van der Waals surface area contributed by atoms with Crippen molar-refractivity contribution in [2.75, 3.05) is 10.7 Å². The van der Waals surface area contributed by atoms with E-state index in [0.717, 1.165) is 29.1 Å². The lowest BCUT2D eigenvalue weighted by molar-refractivity contribution is 0.373. The Balaban J connectivity index is 2.93. The third-order valence-corrected chi connectivity index (χ3v) is 5.57. The van der Waals surface area contributed by atoms with E-state index >= 15 is 0 Å². The summed E-state index contributed by atoms with van der Waals surface area (Å²) < 4.78 is 13.0. The topological polar surface area (TPSA) is 0 Å². The van der Waals surface area contributed by atoms with Crippen molar-refractivity contribution < 1.29 is 4.39 Å². The quantitative estimate of drug-likeness (QED) is 0.664. The fraction of sp³-hybridized carbons (Fsp3) is 0.538. The smallest absolute Gasteiger partial charge is 0.123 e. The van der Waals surface area contributed by atoms with E-state index in [2.05, 4.69) is 38.8 Å². The number of benzene rings is 1. The first-order valence-corrected chi connectivity index (χ1v) is 7.68. The van der Waals surface area contributed by atoms with Crippen molar-refractivity contribution in [1.82, 2.24) is 0 Å². The van der Waals surface area contributed by atoms with Crippen LogP contribution >= 0.6 is 31.9 Å². The van der Waals surface area contributed by atoms with Gasteiger partial charge in [-0.25, -0.2) is 4.39 Å². The third kappa shape index (κ3) is 3.30. The van der Waals surface area contributed by atoms with Crippen LogP contribution in [0.15, 0.2) is 18.2 Å². The summed E-state index contributed by atoms with van der Waals surface area (Å²) >= 11 is 7.17. The van der Waals surface area contributed by atoms with Crippen LogP contribution in [0.3, 0.4) is 0 Å².